The van der Waals surface area contributed by atoms with E-state index in [1.54, 1.807) is 0 Å². The lowest BCUT2D eigenvalue weighted by atomic mass is 9.98. The van der Waals surface area contributed by atoms with E-state index in [0.29, 0.717) is 0 Å². The quantitative estimate of drug-likeness (QED) is 0.891. The van der Waals surface area contributed by atoms with Gasteiger partial charge in [-0.3, -0.25) is 0 Å². The van der Waals surface area contributed by atoms with Crippen molar-refractivity contribution in [3.05, 3.63) is 69.2 Å². The fourth-order valence-electron chi connectivity index (χ4n) is 2.04. The van der Waals surface area contributed by atoms with E-state index in [9.17, 15) is 5.11 Å². The summed E-state index contributed by atoms with van der Waals surface area (Å²) < 4.78 is 0.947. The predicted octanol–water partition coefficient (Wildman–Crippen LogP) is 4.40. The molecule has 0 aromatic heterocycles. The third kappa shape index (κ3) is 2.82. The molecule has 2 aromatic carbocycles. The smallest absolute Gasteiger partial charge is 0.105 e. The van der Waals surface area contributed by atoms with E-state index < -0.39 is 6.10 Å². The van der Waals surface area contributed by atoms with Crippen LogP contribution in [-0.4, -0.2) is 5.11 Å². The van der Waals surface area contributed by atoms with Crippen molar-refractivity contribution in [1.29, 1.82) is 0 Å². The summed E-state index contributed by atoms with van der Waals surface area (Å²) >= 11 is 3.50. The largest absolute Gasteiger partial charge is 0.384 e. The first-order chi connectivity index (χ1) is 8.61. The topological polar surface area (TPSA) is 20.2 Å². The fourth-order valence-corrected chi connectivity index (χ4v) is 2.50. The van der Waals surface area contributed by atoms with Crippen LogP contribution >= 0.6 is 15.9 Å². The lowest BCUT2D eigenvalue weighted by Crippen LogP contribution is -2.01. The molecule has 0 radical (unpaired) electrons. The highest BCUT2D eigenvalue weighted by Crippen LogP contribution is 2.29. The monoisotopic (exact) mass is 304 g/mol. The highest BCUT2D eigenvalue weighted by atomic mass is 79.9. The summed E-state index contributed by atoms with van der Waals surface area (Å²) in [6, 6.07) is 14.2. The van der Waals surface area contributed by atoms with Gasteiger partial charge in [-0.15, -0.1) is 0 Å². The number of rotatable bonds is 3. The Labute approximate surface area is 117 Å². The molecular formula is C16H17BrO. The van der Waals surface area contributed by atoms with Crippen molar-refractivity contribution < 1.29 is 5.11 Å². The Bertz CT molecular complexity index is 549. The van der Waals surface area contributed by atoms with Gasteiger partial charge in [0, 0.05) is 4.47 Å². The Balaban J connectivity index is 2.40. The number of aliphatic hydroxyl groups excluding tert-OH is 1. The minimum absolute atomic E-state index is 0.578. The van der Waals surface area contributed by atoms with E-state index in [-0.39, 0.29) is 0 Å². The number of halogens is 1. The third-order valence-corrected chi connectivity index (χ3v) is 3.84. The molecule has 2 rings (SSSR count). The first-order valence-corrected chi connectivity index (χ1v) is 6.94. The van der Waals surface area contributed by atoms with Crippen LogP contribution in [0.2, 0.25) is 0 Å². The molecular weight excluding hydrogens is 288 g/mol. The fraction of sp³-hybridized carbons (Fsp3) is 0.250. The maximum absolute atomic E-state index is 10.5. The van der Waals surface area contributed by atoms with Crippen LogP contribution in [0.3, 0.4) is 0 Å². The van der Waals surface area contributed by atoms with Gasteiger partial charge in [-0.05, 0) is 36.1 Å². The van der Waals surface area contributed by atoms with Gasteiger partial charge in [0.15, 0.2) is 0 Å². The van der Waals surface area contributed by atoms with Crippen molar-refractivity contribution in [2.45, 2.75) is 26.4 Å². The van der Waals surface area contributed by atoms with Gasteiger partial charge in [0.05, 0.1) is 0 Å². The first-order valence-electron chi connectivity index (χ1n) is 6.14. The van der Waals surface area contributed by atoms with Crippen LogP contribution in [0.1, 0.15) is 35.3 Å². The molecule has 2 aromatic rings. The summed E-state index contributed by atoms with van der Waals surface area (Å²) in [7, 11) is 0. The van der Waals surface area contributed by atoms with Gasteiger partial charge in [0.1, 0.15) is 6.10 Å². The Morgan fingerprint density at radius 2 is 1.94 bits per heavy atom. The van der Waals surface area contributed by atoms with Crippen molar-refractivity contribution in [2.75, 3.05) is 0 Å². The highest BCUT2D eigenvalue weighted by molar-refractivity contribution is 9.10. The molecule has 1 N–H and O–H groups in total. The number of aliphatic hydroxyl groups is 1. The predicted molar refractivity (Wildman–Crippen MR) is 78.8 cm³/mol. The second-order valence-corrected chi connectivity index (χ2v) is 5.38. The molecule has 0 saturated heterocycles. The molecule has 0 aliphatic carbocycles. The molecule has 0 aliphatic rings. The maximum Gasteiger partial charge on any atom is 0.105 e. The van der Waals surface area contributed by atoms with Gasteiger partial charge in [0.25, 0.3) is 0 Å². The normalized spacial score (nSPS) is 12.4. The van der Waals surface area contributed by atoms with Crippen molar-refractivity contribution in [3.63, 3.8) is 0 Å². The zero-order valence-electron chi connectivity index (χ0n) is 10.7. The summed E-state index contributed by atoms with van der Waals surface area (Å²) in [5.41, 5.74) is 4.26. The van der Waals surface area contributed by atoms with Crippen LogP contribution in [0, 0.1) is 6.92 Å². The second kappa shape index (κ2) is 5.68. The van der Waals surface area contributed by atoms with Crippen LogP contribution in [-0.2, 0) is 6.42 Å². The molecule has 2 heteroatoms. The zero-order chi connectivity index (χ0) is 13.1. The Morgan fingerprint density at radius 3 is 2.67 bits per heavy atom. The summed E-state index contributed by atoms with van der Waals surface area (Å²) in [5, 5.41) is 10.5. The van der Waals surface area contributed by atoms with Gasteiger partial charge >= 0.3 is 0 Å². The number of hydrogen-bond acceptors (Lipinski definition) is 1. The van der Waals surface area contributed by atoms with Gasteiger partial charge in [0.2, 0.25) is 0 Å². The molecule has 0 saturated carbocycles. The molecule has 18 heavy (non-hydrogen) atoms. The minimum atomic E-state index is -0.578. The minimum Gasteiger partial charge on any atom is -0.384 e. The Hall–Kier alpha value is -1.12. The SMILES string of the molecule is CCc1cccc(C(O)c2cc(C)ccc2Br)c1. The molecule has 0 heterocycles. The molecule has 0 spiro atoms. The van der Waals surface area contributed by atoms with Crippen LogP contribution in [0.25, 0.3) is 0 Å². The van der Waals surface area contributed by atoms with Crippen LogP contribution in [0.4, 0.5) is 0 Å². The van der Waals surface area contributed by atoms with E-state index in [2.05, 4.69) is 35.0 Å². The van der Waals surface area contributed by atoms with Crippen molar-refractivity contribution in [3.8, 4) is 0 Å². The standard InChI is InChI=1S/C16H17BrO/c1-3-12-5-4-6-13(10-12)16(18)14-9-11(2)7-8-15(14)17/h4-10,16,18H,3H2,1-2H3. The molecule has 94 valence electrons. The molecule has 1 nitrogen and oxygen atoms in total. The van der Waals surface area contributed by atoms with Crippen LogP contribution in [0.15, 0.2) is 46.9 Å². The molecule has 0 amide bonds. The molecule has 1 unspecified atom stereocenters. The van der Waals surface area contributed by atoms with Gasteiger partial charge in [-0.1, -0.05) is 64.8 Å². The van der Waals surface area contributed by atoms with Crippen molar-refractivity contribution >= 4 is 15.9 Å². The average Bonchev–Trinajstić information content (AvgIpc) is 2.41. The molecule has 0 bridgehead atoms. The summed E-state index contributed by atoms with van der Waals surface area (Å²) in [4.78, 5) is 0. The van der Waals surface area contributed by atoms with E-state index in [4.69, 9.17) is 0 Å². The number of hydrogen-bond donors (Lipinski definition) is 1. The maximum atomic E-state index is 10.5. The summed E-state index contributed by atoms with van der Waals surface area (Å²) in [6.07, 6.45) is 0.404. The number of benzene rings is 2. The van der Waals surface area contributed by atoms with E-state index in [1.165, 1.54) is 5.56 Å². The Morgan fingerprint density at radius 1 is 1.17 bits per heavy atom. The lowest BCUT2D eigenvalue weighted by molar-refractivity contribution is 0.219. The van der Waals surface area contributed by atoms with Gasteiger partial charge in [-0.25, -0.2) is 0 Å². The molecule has 0 fully saturated rings. The van der Waals surface area contributed by atoms with E-state index in [1.807, 2.05) is 37.3 Å². The van der Waals surface area contributed by atoms with E-state index in [0.717, 1.165) is 27.6 Å². The average molecular weight is 305 g/mol. The van der Waals surface area contributed by atoms with Gasteiger partial charge < -0.3 is 5.11 Å². The van der Waals surface area contributed by atoms with Crippen molar-refractivity contribution in [1.82, 2.24) is 0 Å². The van der Waals surface area contributed by atoms with Crippen molar-refractivity contribution in [2.24, 2.45) is 0 Å². The summed E-state index contributed by atoms with van der Waals surface area (Å²) in [5.74, 6) is 0. The van der Waals surface area contributed by atoms with Crippen LogP contribution in [0.5, 0.6) is 0 Å². The highest BCUT2D eigenvalue weighted by Gasteiger charge is 2.14. The molecule has 1 atom stereocenters. The third-order valence-electron chi connectivity index (χ3n) is 3.12. The molecule has 0 aliphatic heterocycles. The lowest BCUT2D eigenvalue weighted by Gasteiger charge is -2.15. The van der Waals surface area contributed by atoms with E-state index >= 15 is 0 Å². The Kier molecular flexibility index (Phi) is 4.20. The number of aryl methyl sites for hydroxylation is 2. The summed E-state index contributed by atoms with van der Waals surface area (Å²) in [6.45, 7) is 4.15. The zero-order valence-corrected chi connectivity index (χ0v) is 12.2. The van der Waals surface area contributed by atoms with Gasteiger partial charge in [-0.2, -0.15) is 0 Å². The second-order valence-electron chi connectivity index (χ2n) is 4.53. The van der Waals surface area contributed by atoms with Crippen LogP contribution < -0.4 is 0 Å². The first kappa shape index (κ1) is 13.3.